The van der Waals surface area contributed by atoms with Crippen LogP contribution in [0.5, 0.6) is 0 Å². The first kappa shape index (κ1) is 14.4. The molecule has 2 aromatic rings. The van der Waals surface area contributed by atoms with Crippen LogP contribution >= 0.6 is 0 Å². The van der Waals surface area contributed by atoms with E-state index in [1.807, 2.05) is 0 Å². The average Bonchev–Trinajstić information content (AvgIpc) is 2.52. The zero-order valence-electron chi connectivity index (χ0n) is 11.3. The topological polar surface area (TPSA) is 94.4 Å². The van der Waals surface area contributed by atoms with Crippen LogP contribution in [0.25, 0.3) is 0 Å². The first-order valence-corrected chi connectivity index (χ1v) is 6.11. The monoisotopic (exact) mass is 287 g/mol. The summed E-state index contributed by atoms with van der Waals surface area (Å²) in [5.74, 6) is -0.545. The lowest BCUT2D eigenvalue weighted by atomic mass is 10.1. The number of aromatic nitrogens is 1. The number of nitro groups is 1. The van der Waals surface area contributed by atoms with Gasteiger partial charge in [-0.2, -0.15) is 0 Å². The molecular formula is C14H13N3O4. The maximum absolute atomic E-state index is 11.5. The SMILES string of the molecule is COC(=O)c1ccc([N+](=O)[O-])c(NCc2ccncc2)c1. The van der Waals surface area contributed by atoms with Crippen LogP contribution in [0.4, 0.5) is 11.4 Å². The van der Waals surface area contributed by atoms with E-state index in [1.165, 1.54) is 25.3 Å². The van der Waals surface area contributed by atoms with Gasteiger partial charge < -0.3 is 10.1 Å². The highest BCUT2D eigenvalue weighted by atomic mass is 16.6. The maximum atomic E-state index is 11.5. The molecule has 1 heterocycles. The standard InChI is InChI=1S/C14H13N3O4/c1-21-14(18)11-2-3-13(17(19)20)12(8-11)16-9-10-4-6-15-7-5-10/h2-8,16H,9H2,1H3. The summed E-state index contributed by atoms with van der Waals surface area (Å²) < 4.78 is 4.61. The molecule has 7 heteroatoms. The number of nitrogens with zero attached hydrogens (tertiary/aromatic N) is 2. The zero-order chi connectivity index (χ0) is 15.2. The largest absolute Gasteiger partial charge is 0.465 e. The van der Waals surface area contributed by atoms with E-state index in [0.717, 1.165) is 5.56 Å². The van der Waals surface area contributed by atoms with Crippen molar-refractivity contribution < 1.29 is 14.5 Å². The van der Waals surface area contributed by atoms with Gasteiger partial charge in [0.15, 0.2) is 0 Å². The van der Waals surface area contributed by atoms with E-state index in [9.17, 15) is 14.9 Å². The van der Waals surface area contributed by atoms with Crippen LogP contribution in [0, 0.1) is 10.1 Å². The fraction of sp³-hybridized carbons (Fsp3) is 0.143. The number of ether oxygens (including phenoxy) is 1. The minimum absolute atomic E-state index is 0.100. The summed E-state index contributed by atoms with van der Waals surface area (Å²) in [6.07, 6.45) is 3.27. The van der Waals surface area contributed by atoms with E-state index >= 15 is 0 Å². The lowest BCUT2D eigenvalue weighted by Crippen LogP contribution is -2.06. The van der Waals surface area contributed by atoms with E-state index in [1.54, 1.807) is 24.5 Å². The number of pyridine rings is 1. The number of rotatable bonds is 5. The summed E-state index contributed by atoms with van der Waals surface area (Å²) in [6, 6.07) is 7.64. The highest BCUT2D eigenvalue weighted by molar-refractivity contribution is 5.91. The molecule has 0 aliphatic rings. The minimum Gasteiger partial charge on any atom is -0.465 e. The molecule has 7 nitrogen and oxygen atoms in total. The van der Waals surface area contributed by atoms with Crippen LogP contribution in [-0.2, 0) is 11.3 Å². The molecule has 0 atom stereocenters. The molecule has 1 aromatic carbocycles. The van der Waals surface area contributed by atoms with Gasteiger partial charge in [0.25, 0.3) is 5.69 Å². The number of nitro benzene ring substituents is 1. The number of hydrogen-bond donors (Lipinski definition) is 1. The highest BCUT2D eigenvalue weighted by Gasteiger charge is 2.16. The van der Waals surface area contributed by atoms with Crippen LogP contribution in [0.2, 0.25) is 0 Å². The summed E-state index contributed by atoms with van der Waals surface area (Å²) in [7, 11) is 1.26. The summed E-state index contributed by atoms with van der Waals surface area (Å²) in [4.78, 5) is 25.9. The first-order chi connectivity index (χ1) is 10.1. The van der Waals surface area contributed by atoms with Crippen molar-refractivity contribution in [3.8, 4) is 0 Å². The molecule has 0 bridgehead atoms. The number of carbonyl (C=O) groups excluding carboxylic acids is 1. The average molecular weight is 287 g/mol. The molecule has 2 rings (SSSR count). The second-order valence-corrected chi connectivity index (χ2v) is 4.19. The van der Waals surface area contributed by atoms with Crippen LogP contribution in [0.1, 0.15) is 15.9 Å². The Labute approximate surface area is 120 Å². The maximum Gasteiger partial charge on any atom is 0.337 e. The van der Waals surface area contributed by atoms with E-state index < -0.39 is 10.9 Å². The molecule has 0 aliphatic carbocycles. The number of benzene rings is 1. The Morgan fingerprint density at radius 3 is 2.67 bits per heavy atom. The van der Waals surface area contributed by atoms with E-state index in [0.29, 0.717) is 6.54 Å². The van der Waals surface area contributed by atoms with Crippen LogP contribution in [-0.4, -0.2) is 23.0 Å². The van der Waals surface area contributed by atoms with Gasteiger partial charge in [-0.05, 0) is 29.8 Å². The van der Waals surface area contributed by atoms with Gasteiger partial charge >= 0.3 is 5.97 Å². The van der Waals surface area contributed by atoms with Crippen molar-refractivity contribution in [2.75, 3.05) is 12.4 Å². The quantitative estimate of drug-likeness (QED) is 0.515. The van der Waals surface area contributed by atoms with Crippen molar-refractivity contribution in [2.24, 2.45) is 0 Å². The van der Waals surface area contributed by atoms with Gasteiger partial charge in [0.2, 0.25) is 0 Å². The minimum atomic E-state index is -0.545. The molecule has 1 N–H and O–H groups in total. The number of methoxy groups -OCH3 is 1. The molecular weight excluding hydrogens is 274 g/mol. The molecule has 0 saturated heterocycles. The summed E-state index contributed by atoms with van der Waals surface area (Å²) in [6.45, 7) is 0.383. The lowest BCUT2D eigenvalue weighted by molar-refractivity contribution is -0.384. The van der Waals surface area contributed by atoms with Crippen LogP contribution in [0.15, 0.2) is 42.7 Å². The third-order valence-corrected chi connectivity index (χ3v) is 2.85. The normalized spacial score (nSPS) is 9.95. The third kappa shape index (κ3) is 3.53. The van der Waals surface area contributed by atoms with Crippen molar-refractivity contribution in [3.05, 3.63) is 64.0 Å². The van der Waals surface area contributed by atoms with Crippen LogP contribution in [0.3, 0.4) is 0 Å². The number of anilines is 1. The fourth-order valence-corrected chi connectivity index (χ4v) is 1.78. The van der Waals surface area contributed by atoms with Gasteiger partial charge in [-0.1, -0.05) is 0 Å². The van der Waals surface area contributed by atoms with Gasteiger partial charge in [0.05, 0.1) is 17.6 Å². The molecule has 0 radical (unpaired) electrons. The second-order valence-electron chi connectivity index (χ2n) is 4.19. The van der Waals surface area contributed by atoms with Gasteiger partial charge in [-0.15, -0.1) is 0 Å². The Kier molecular flexibility index (Phi) is 4.45. The van der Waals surface area contributed by atoms with Crippen molar-refractivity contribution in [3.63, 3.8) is 0 Å². The van der Waals surface area contributed by atoms with Gasteiger partial charge in [0.1, 0.15) is 5.69 Å². The molecule has 108 valence electrons. The van der Waals surface area contributed by atoms with Crippen molar-refractivity contribution in [2.45, 2.75) is 6.54 Å². The Morgan fingerprint density at radius 2 is 2.05 bits per heavy atom. The number of hydrogen-bond acceptors (Lipinski definition) is 6. The molecule has 0 spiro atoms. The summed E-state index contributed by atoms with van der Waals surface area (Å²) in [5.41, 5.74) is 1.33. The van der Waals surface area contributed by atoms with Crippen molar-refractivity contribution in [1.29, 1.82) is 0 Å². The third-order valence-electron chi connectivity index (χ3n) is 2.85. The Bertz CT molecular complexity index is 659. The van der Waals surface area contributed by atoms with E-state index in [4.69, 9.17) is 0 Å². The Balaban J connectivity index is 2.26. The lowest BCUT2D eigenvalue weighted by Gasteiger charge is -2.08. The highest BCUT2D eigenvalue weighted by Crippen LogP contribution is 2.26. The molecule has 0 saturated carbocycles. The van der Waals surface area contributed by atoms with Crippen LogP contribution < -0.4 is 5.32 Å². The van der Waals surface area contributed by atoms with E-state index in [2.05, 4.69) is 15.0 Å². The van der Waals surface area contributed by atoms with Gasteiger partial charge in [0, 0.05) is 25.0 Å². The van der Waals surface area contributed by atoms with Gasteiger partial charge in [-0.3, -0.25) is 15.1 Å². The smallest absolute Gasteiger partial charge is 0.337 e. The summed E-state index contributed by atoms with van der Waals surface area (Å²) in [5, 5.41) is 14.0. The predicted octanol–water partition coefficient (Wildman–Crippen LogP) is 2.39. The Morgan fingerprint density at radius 1 is 1.33 bits per heavy atom. The molecule has 21 heavy (non-hydrogen) atoms. The first-order valence-electron chi connectivity index (χ1n) is 6.11. The molecule has 0 unspecified atom stereocenters. The number of nitrogens with one attached hydrogen (secondary N) is 1. The molecule has 1 aromatic heterocycles. The predicted molar refractivity (Wildman–Crippen MR) is 76.0 cm³/mol. The van der Waals surface area contributed by atoms with Crippen molar-refractivity contribution >= 4 is 17.3 Å². The number of esters is 1. The molecule has 0 aliphatic heterocycles. The molecule has 0 amide bonds. The number of carbonyl (C=O) groups is 1. The molecule has 0 fully saturated rings. The zero-order valence-corrected chi connectivity index (χ0v) is 11.3. The second kappa shape index (κ2) is 6.47. The fourth-order valence-electron chi connectivity index (χ4n) is 1.78. The van der Waals surface area contributed by atoms with Crippen molar-refractivity contribution in [1.82, 2.24) is 4.98 Å². The Hall–Kier alpha value is -2.96. The summed E-state index contributed by atoms with van der Waals surface area (Å²) >= 11 is 0. The van der Waals surface area contributed by atoms with E-state index in [-0.39, 0.29) is 16.9 Å². The van der Waals surface area contributed by atoms with Gasteiger partial charge in [-0.25, -0.2) is 4.79 Å².